The lowest BCUT2D eigenvalue weighted by atomic mass is 10.1. The normalized spacial score (nSPS) is 10.9. The van der Waals surface area contributed by atoms with Crippen molar-refractivity contribution in [1.82, 2.24) is 25.3 Å². The summed E-state index contributed by atoms with van der Waals surface area (Å²) < 4.78 is 6.46. The van der Waals surface area contributed by atoms with Crippen molar-refractivity contribution >= 4 is 40.0 Å². The molecule has 4 aromatic rings. The van der Waals surface area contributed by atoms with Crippen molar-refractivity contribution in [2.75, 3.05) is 19.0 Å². The van der Waals surface area contributed by atoms with Crippen LogP contribution in [0.15, 0.2) is 54.7 Å². The van der Waals surface area contributed by atoms with Gasteiger partial charge in [-0.1, -0.05) is 23.7 Å². The summed E-state index contributed by atoms with van der Waals surface area (Å²) in [5, 5.41) is 19.3. The van der Waals surface area contributed by atoms with Gasteiger partial charge in [-0.25, -0.2) is 4.68 Å². The van der Waals surface area contributed by atoms with Gasteiger partial charge in [0, 0.05) is 19.0 Å². The predicted molar refractivity (Wildman–Crippen MR) is 125 cm³/mol. The number of aryl methyl sites for hydroxylation is 1. The lowest BCUT2D eigenvalue weighted by Crippen LogP contribution is -2.26. The lowest BCUT2D eigenvalue weighted by Gasteiger charge is -2.11. The molecule has 2 aromatic heterocycles. The Morgan fingerprint density at radius 3 is 2.73 bits per heavy atom. The minimum Gasteiger partial charge on any atom is -0.375 e. The summed E-state index contributed by atoms with van der Waals surface area (Å²) >= 11 is 6.29. The van der Waals surface area contributed by atoms with Crippen LogP contribution in [0, 0.1) is 6.92 Å². The van der Waals surface area contributed by atoms with Crippen molar-refractivity contribution in [3.63, 3.8) is 0 Å². The molecule has 0 aliphatic rings. The van der Waals surface area contributed by atoms with Crippen molar-refractivity contribution in [2.45, 2.75) is 13.5 Å². The first kappa shape index (κ1) is 22.4. The number of nitrogens with zero attached hydrogens (tertiary/aromatic N) is 4. The Bertz CT molecular complexity index is 1320. The summed E-state index contributed by atoms with van der Waals surface area (Å²) in [6, 6.07) is 14.2. The number of nitrogens with one attached hydrogen (secondary N) is 2. The number of rotatable bonds is 7. The van der Waals surface area contributed by atoms with E-state index in [4.69, 9.17) is 16.3 Å². The molecule has 2 aromatic carbocycles. The average molecular weight is 465 g/mol. The second kappa shape index (κ2) is 9.76. The molecule has 0 saturated heterocycles. The van der Waals surface area contributed by atoms with E-state index >= 15 is 0 Å². The van der Waals surface area contributed by atoms with Crippen molar-refractivity contribution in [1.29, 1.82) is 0 Å². The molecule has 10 heteroatoms. The quantitative estimate of drug-likeness (QED) is 0.434. The Hall–Kier alpha value is -3.82. The molecule has 9 nitrogen and oxygen atoms in total. The zero-order valence-corrected chi connectivity index (χ0v) is 18.8. The Labute approximate surface area is 194 Å². The Morgan fingerprint density at radius 2 is 1.97 bits per heavy atom. The van der Waals surface area contributed by atoms with E-state index in [0.29, 0.717) is 22.1 Å². The topological polar surface area (TPSA) is 111 Å². The highest BCUT2D eigenvalue weighted by Gasteiger charge is 2.15. The van der Waals surface area contributed by atoms with Gasteiger partial charge in [-0.2, -0.15) is 10.2 Å². The van der Waals surface area contributed by atoms with E-state index in [1.165, 1.54) is 7.11 Å². The van der Waals surface area contributed by atoms with Gasteiger partial charge < -0.3 is 15.4 Å². The van der Waals surface area contributed by atoms with Crippen LogP contribution < -0.4 is 10.6 Å². The maximum Gasteiger partial charge on any atom is 0.257 e. The number of benzene rings is 2. The minimum absolute atomic E-state index is 0.0349. The lowest BCUT2D eigenvalue weighted by molar-refractivity contribution is -0.124. The van der Waals surface area contributed by atoms with Crippen molar-refractivity contribution < 1.29 is 14.3 Å². The third-order valence-corrected chi connectivity index (χ3v) is 5.23. The van der Waals surface area contributed by atoms with Crippen LogP contribution >= 0.6 is 11.6 Å². The van der Waals surface area contributed by atoms with Crippen molar-refractivity contribution in [2.24, 2.45) is 0 Å². The van der Waals surface area contributed by atoms with Gasteiger partial charge in [0.15, 0.2) is 5.82 Å². The average Bonchev–Trinajstić information content (AvgIpc) is 3.24. The van der Waals surface area contributed by atoms with E-state index in [2.05, 4.69) is 25.9 Å². The molecule has 33 heavy (non-hydrogen) atoms. The molecule has 0 aliphatic heterocycles. The van der Waals surface area contributed by atoms with E-state index in [1.807, 2.05) is 31.2 Å². The Balaban J connectivity index is 1.57. The molecule has 168 valence electrons. The number of carbonyl (C=O) groups is 2. The molecule has 2 amide bonds. The molecule has 2 heterocycles. The first-order valence-corrected chi connectivity index (χ1v) is 10.5. The Morgan fingerprint density at radius 1 is 1.12 bits per heavy atom. The van der Waals surface area contributed by atoms with Gasteiger partial charge in [0.2, 0.25) is 5.91 Å². The van der Waals surface area contributed by atoms with Gasteiger partial charge in [-0.15, -0.1) is 5.10 Å². The number of halogens is 1. The highest BCUT2D eigenvalue weighted by molar-refractivity contribution is 6.34. The first-order chi connectivity index (χ1) is 16.0. The first-order valence-electron chi connectivity index (χ1n) is 10.1. The third-order valence-electron chi connectivity index (χ3n) is 4.90. The van der Waals surface area contributed by atoms with Crippen LogP contribution in [0.4, 0.5) is 5.69 Å². The van der Waals surface area contributed by atoms with Crippen LogP contribution in [-0.2, 0) is 16.1 Å². The molecular weight excluding hydrogens is 444 g/mol. The standard InChI is InChI=1S/C23H21ClN6O3/c1-14-6-9-21(29-28-14)30-20-5-3-4-19(17(20)12-26-30)27-23(32)16-10-15(7-8-18(16)24)11-25-22(31)13-33-2/h3-10,12H,11,13H2,1-2H3,(H,25,31)(H,27,32). The smallest absolute Gasteiger partial charge is 0.257 e. The molecule has 0 unspecified atom stereocenters. The molecule has 0 radical (unpaired) electrons. The second-order valence-corrected chi connectivity index (χ2v) is 7.71. The van der Waals surface area contributed by atoms with Crippen molar-refractivity contribution in [3.05, 3.63) is 76.6 Å². The van der Waals surface area contributed by atoms with E-state index in [-0.39, 0.29) is 25.0 Å². The van der Waals surface area contributed by atoms with Crippen LogP contribution in [0.5, 0.6) is 0 Å². The molecule has 0 saturated carbocycles. The number of fused-ring (bicyclic) bond motifs is 1. The second-order valence-electron chi connectivity index (χ2n) is 7.31. The molecular formula is C23H21ClN6O3. The van der Waals surface area contributed by atoms with Gasteiger partial charge in [0.1, 0.15) is 6.61 Å². The minimum atomic E-state index is -0.375. The highest BCUT2D eigenvalue weighted by Crippen LogP contribution is 2.26. The monoisotopic (exact) mass is 464 g/mol. The van der Waals surface area contributed by atoms with Gasteiger partial charge in [-0.3, -0.25) is 9.59 Å². The maximum absolute atomic E-state index is 13.0. The summed E-state index contributed by atoms with van der Waals surface area (Å²) in [5.74, 6) is -0.0498. The zero-order valence-electron chi connectivity index (χ0n) is 18.0. The SMILES string of the molecule is COCC(=O)NCc1ccc(Cl)c(C(=O)Nc2cccc3c2cnn3-c2ccc(C)nn2)c1. The van der Waals surface area contributed by atoms with Crippen LogP contribution in [0.2, 0.25) is 5.02 Å². The van der Waals surface area contributed by atoms with Crippen LogP contribution in [-0.4, -0.2) is 45.5 Å². The van der Waals surface area contributed by atoms with Crippen LogP contribution in [0.1, 0.15) is 21.6 Å². The van der Waals surface area contributed by atoms with Gasteiger partial charge in [0.25, 0.3) is 5.91 Å². The van der Waals surface area contributed by atoms with Crippen LogP contribution in [0.25, 0.3) is 16.7 Å². The largest absolute Gasteiger partial charge is 0.375 e. The van der Waals surface area contributed by atoms with Gasteiger partial charge in [0.05, 0.1) is 33.7 Å². The molecule has 4 rings (SSSR count). The van der Waals surface area contributed by atoms with E-state index in [0.717, 1.165) is 22.2 Å². The fourth-order valence-electron chi connectivity index (χ4n) is 3.28. The summed E-state index contributed by atoms with van der Waals surface area (Å²) in [5.41, 5.74) is 3.19. The molecule has 0 spiro atoms. The zero-order chi connectivity index (χ0) is 23.4. The maximum atomic E-state index is 13.0. The number of ether oxygens (including phenoxy) is 1. The van der Waals surface area contributed by atoms with E-state index in [9.17, 15) is 9.59 Å². The number of aromatic nitrogens is 4. The van der Waals surface area contributed by atoms with Crippen molar-refractivity contribution in [3.8, 4) is 5.82 Å². The predicted octanol–water partition coefficient (Wildman–Crippen LogP) is 3.29. The Kier molecular flexibility index (Phi) is 6.62. The molecule has 0 bridgehead atoms. The summed E-state index contributed by atoms with van der Waals surface area (Å²) in [6.45, 7) is 2.08. The number of methoxy groups -OCH3 is 1. The van der Waals surface area contributed by atoms with Gasteiger partial charge >= 0.3 is 0 Å². The third kappa shape index (κ3) is 5.00. The summed E-state index contributed by atoms with van der Waals surface area (Å²) in [6.07, 6.45) is 1.66. The number of hydrogen-bond donors (Lipinski definition) is 2. The number of carbonyl (C=O) groups excluding carboxylic acids is 2. The number of amides is 2. The fraction of sp³-hybridized carbons (Fsp3) is 0.174. The fourth-order valence-corrected chi connectivity index (χ4v) is 3.48. The molecule has 2 N–H and O–H groups in total. The summed E-state index contributed by atoms with van der Waals surface area (Å²) in [4.78, 5) is 24.7. The highest BCUT2D eigenvalue weighted by atomic mass is 35.5. The van der Waals surface area contributed by atoms with E-state index < -0.39 is 0 Å². The number of anilines is 1. The molecule has 0 atom stereocenters. The van der Waals surface area contributed by atoms with E-state index in [1.54, 1.807) is 35.1 Å². The summed E-state index contributed by atoms with van der Waals surface area (Å²) in [7, 11) is 1.45. The van der Waals surface area contributed by atoms with Crippen LogP contribution in [0.3, 0.4) is 0 Å². The van der Waals surface area contributed by atoms with Gasteiger partial charge in [-0.05, 0) is 48.9 Å². The molecule has 0 fully saturated rings. The molecule has 0 aliphatic carbocycles. The number of hydrogen-bond acceptors (Lipinski definition) is 6.